The molecule has 1 aromatic carbocycles. The van der Waals surface area contributed by atoms with Crippen LogP contribution in [0.5, 0.6) is 5.75 Å². The fourth-order valence-electron chi connectivity index (χ4n) is 1.65. The third kappa shape index (κ3) is 4.74. The second-order valence-corrected chi connectivity index (χ2v) is 5.26. The summed E-state index contributed by atoms with van der Waals surface area (Å²) < 4.78 is 5.35. The van der Waals surface area contributed by atoms with Gasteiger partial charge in [0.25, 0.3) is 5.91 Å². The topological polar surface area (TPSA) is 75.6 Å². The Balaban J connectivity index is 2.57. The van der Waals surface area contributed by atoms with Gasteiger partial charge in [0.15, 0.2) is 6.61 Å². The van der Waals surface area contributed by atoms with Gasteiger partial charge in [0.1, 0.15) is 11.8 Å². The second-order valence-electron chi connectivity index (χ2n) is 4.83. The molecule has 6 heteroatoms. The van der Waals surface area contributed by atoms with Gasteiger partial charge in [-0.05, 0) is 36.6 Å². The molecule has 0 spiro atoms. The van der Waals surface area contributed by atoms with Crippen LogP contribution in [0.3, 0.4) is 0 Å². The minimum atomic E-state index is -1.06. The van der Waals surface area contributed by atoms with Crippen LogP contribution in [0.2, 0.25) is 5.02 Å². The molecule has 20 heavy (non-hydrogen) atoms. The first kappa shape index (κ1) is 16.3. The number of carbonyl (C=O) groups is 2. The number of nitrogens with one attached hydrogen (secondary N) is 1. The van der Waals surface area contributed by atoms with Crippen molar-refractivity contribution in [3.05, 3.63) is 28.8 Å². The van der Waals surface area contributed by atoms with E-state index in [2.05, 4.69) is 5.32 Å². The van der Waals surface area contributed by atoms with E-state index in [0.717, 1.165) is 5.56 Å². The number of benzene rings is 1. The first-order chi connectivity index (χ1) is 9.31. The summed E-state index contributed by atoms with van der Waals surface area (Å²) in [4.78, 5) is 22.7. The molecule has 2 N–H and O–H groups in total. The molecule has 1 amide bonds. The van der Waals surface area contributed by atoms with Gasteiger partial charge in [-0.25, -0.2) is 4.79 Å². The summed E-state index contributed by atoms with van der Waals surface area (Å²) in [7, 11) is 0. The molecule has 5 nitrogen and oxygen atoms in total. The molecule has 0 aliphatic carbocycles. The predicted molar refractivity (Wildman–Crippen MR) is 76.1 cm³/mol. The van der Waals surface area contributed by atoms with Crippen molar-refractivity contribution in [2.24, 2.45) is 5.92 Å². The first-order valence-electron chi connectivity index (χ1n) is 6.22. The highest BCUT2D eigenvalue weighted by Gasteiger charge is 2.23. The summed E-state index contributed by atoms with van der Waals surface area (Å²) >= 11 is 5.82. The van der Waals surface area contributed by atoms with Crippen molar-refractivity contribution in [1.82, 2.24) is 5.32 Å². The molecule has 1 rings (SSSR count). The SMILES string of the molecule is Cc1cc(Cl)ccc1OCC(=O)N[C@H](C(=O)O)C(C)C. The van der Waals surface area contributed by atoms with Crippen molar-refractivity contribution < 1.29 is 19.4 Å². The van der Waals surface area contributed by atoms with E-state index in [9.17, 15) is 9.59 Å². The number of aryl methyl sites for hydroxylation is 1. The van der Waals surface area contributed by atoms with Crippen molar-refractivity contribution in [3.8, 4) is 5.75 Å². The number of hydrogen-bond donors (Lipinski definition) is 2. The lowest BCUT2D eigenvalue weighted by molar-refractivity contribution is -0.143. The molecule has 0 aromatic heterocycles. The minimum Gasteiger partial charge on any atom is -0.484 e. The van der Waals surface area contributed by atoms with Crippen LogP contribution in [-0.2, 0) is 9.59 Å². The third-order valence-electron chi connectivity index (χ3n) is 2.74. The number of hydrogen-bond acceptors (Lipinski definition) is 3. The summed E-state index contributed by atoms with van der Waals surface area (Å²) in [5, 5.41) is 12.0. The van der Waals surface area contributed by atoms with E-state index < -0.39 is 17.9 Å². The molecule has 1 aromatic rings. The smallest absolute Gasteiger partial charge is 0.326 e. The van der Waals surface area contributed by atoms with Crippen LogP contribution >= 0.6 is 11.6 Å². The van der Waals surface area contributed by atoms with E-state index in [1.54, 1.807) is 32.0 Å². The van der Waals surface area contributed by atoms with E-state index in [-0.39, 0.29) is 12.5 Å². The van der Waals surface area contributed by atoms with Crippen molar-refractivity contribution in [2.45, 2.75) is 26.8 Å². The van der Waals surface area contributed by atoms with E-state index in [1.807, 2.05) is 6.92 Å². The molecule has 0 bridgehead atoms. The number of halogens is 1. The zero-order valence-electron chi connectivity index (χ0n) is 11.6. The molecule has 0 saturated heterocycles. The summed E-state index contributed by atoms with van der Waals surface area (Å²) in [5.41, 5.74) is 0.809. The number of amides is 1. The van der Waals surface area contributed by atoms with E-state index in [1.165, 1.54) is 0 Å². The number of carboxylic acid groups (broad SMARTS) is 1. The van der Waals surface area contributed by atoms with Crippen LogP contribution in [0.4, 0.5) is 0 Å². The van der Waals surface area contributed by atoms with Crippen LogP contribution in [-0.4, -0.2) is 29.6 Å². The Bertz CT molecular complexity index is 502. The van der Waals surface area contributed by atoms with Gasteiger partial charge in [-0.1, -0.05) is 25.4 Å². The molecule has 0 saturated carbocycles. The van der Waals surface area contributed by atoms with Crippen LogP contribution in [0, 0.1) is 12.8 Å². The molecule has 0 fully saturated rings. The van der Waals surface area contributed by atoms with Gasteiger partial charge in [-0.3, -0.25) is 4.79 Å². The van der Waals surface area contributed by atoms with Crippen LogP contribution < -0.4 is 10.1 Å². The van der Waals surface area contributed by atoms with Crippen LogP contribution in [0.15, 0.2) is 18.2 Å². The number of rotatable bonds is 6. The molecule has 0 heterocycles. The molecular weight excluding hydrogens is 282 g/mol. The summed E-state index contributed by atoms with van der Waals surface area (Å²) in [6.07, 6.45) is 0. The molecule has 1 atom stereocenters. The van der Waals surface area contributed by atoms with Crippen LogP contribution in [0.1, 0.15) is 19.4 Å². The Morgan fingerprint density at radius 1 is 1.40 bits per heavy atom. The average molecular weight is 300 g/mol. The van der Waals surface area contributed by atoms with Gasteiger partial charge in [-0.2, -0.15) is 0 Å². The lowest BCUT2D eigenvalue weighted by Gasteiger charge is -2.18. The number of carboxylic acids is 1. The second kappa shape index (κ2) is 7.14. The molecule has 0 aliphatic heterocycles. The normalized spacial score (nSPS) is 12.1. The van der Waals surface area contributed by atoms with E-state index in [4.69, 9.17) is 21.4 Å². The predicted octanol–water partition coefficient (Wildman–Crippen LogP) is 2.25. The zero-order valence-corrected chi connectivity index (χ0v) is 12.4. The minimum absolute atomic E-state index is 0.200. The fraction of sp³-hybridized carbons (Fsp3) is 0.429. The van der Waals surface area contributed by atoms with E-state index >= 15 is 0 Å². The monoisotopic (exact) mass is 299 g/mol. The highest BCUT2D eigenvalue weighted by atomic mass is 35.5. The Morgan fingerprint density at radius 2 is 2.05 bits per heavy atom. The number of aliphatic carboxylic acids is 1. The Labute approximate surface area is 122 Å². The van der Waals surface area contributed by atoms with Gasteiger partial charge >= 0.3 is 5.97 Å². The Kier molecular flexibility index (Phi) is 5.82. The lowest BCUT2D eigenvalue weighted by atomic mass is 10.1. The van der Waals surface area contributed by atoms with Crippen molar-refractivity contribution in [1.29, 1.82) is 0 Å². The summed E-state index contributed by atoms with van der Waals surface area (Å²) in [6, 6.07) is 4.14. The number of ether oxygens (including phenoxy) is 1. The maximum atomic E-state index is 11.7. The molecule has 0 aliphatic rings. The highest BCUT2D eigenvalue weighted by molar-refractivity contribution is 6.30. The van der Waals surface area contributed by atoms with Crippen LogP contribution in [0.25, 0.3) is 0 Å². The standard InChI is InChI=1S/C14H18ClNO4/c1-8(2)13(14(18)19)16-12(17)7-20-11-5-4-10(15)6-9(11)3/h4-6,8,13H,7H2,1-3H3,(H,16,17)(H,18,19)/t13-/m0/s1. The quantitative estimate of drug-likeness (QED) is 0.845. The summed E-state index contributed by atoms with van der Waals surface area (Å²) in [6.45, 7) is 5.03. The maximum Gasteiger partial charge on any atom is 0.326 e. The molecule has 110 valence electrons. The molecule has 0 radical (unpaired) electrons. The molecular formula is C14H18ClNO4. The lowest BCUT2D eigenvalue weighted by Crippen LogP contribution is -2.46. The number of carbonyl (C=O) groups excluding carboxylic acids is 1. The van der Waals surface area contributed by atoms with Gasteiger partial charge in [0, 0.05) is 5.02 Å². The van der Waals surface area contributed by atoms with Gasteiger partial charge in [0.2, 0.25) is 0 Å². The highest BCUT2D eigenvalue weighted by Crippen LogP contribution is 2.21. The fourth-order valence-corrected chi connectivity index (χ4v) is 1.87. The largest absolute Gasteiger partial charge is 0.484 e. The average Bonchev–Trinajstić information content (AvgIpc) is 2.34. The Hall–Kier alpha value is -1.75. The van der Waals surface area contributed by atoms with Crippen molar-refractivity contribution >= 4 is 23.5 Å². The zero-order chi connectivity index (χ0) is 15.3. The summed E-state index contributed by atoms with van der Waals surface area (Å²) in [5.74, 6) is -1.19. The van der Waals surface area contributed by atoms with Crippen molar-refractivity contribution in [2.75, 3.05) is 6.61 Å². The van der Waals surface area contributed by atoms with Gasteiger partial charge < -0.3 is 15.2 Å². The van der Waals surface area contributed by atoms with E-state index in [0.29, 0.717) is 10.8 Å². The van der Waals surface area contributed by atoms with Gasteiger partial charge in [0.05, 0.1) is 0 Å². The van der Waals surface area contributed by atoms with Crippen molar-refractivity contribution in [3.63, 3.8) is 0 Å². The first-order valence-corrected chi connectivity index (χ1v) is 6.60. The maximum absolute atomic E-state index is 11.7. The molecule has 0 unspecified atom stereocenters. The Morgan fingerprint density at radius 3 is 2.55 bits per heavy atom. The van der Waals surface area contributed by atoms with Gasteiger partial charge in [-0.15, -0.1) is 0 Å². The third-order valence-corrected chi connectivity index (χ3v) is 2.98.